The van der Waals surface area contributed by atoms with E-state index in [1.165, 1.54) is 65.7 Å². The van der Waals surface area contributed by atoms with E-state index in [0.717, 1.165) is 34.1 Å². The SMILES string of the molecule is Cc1ccc(N(c2ccccc2)c2ccc3c(-c4ccc5ccccc5c4)c4cc(N(c5ccccc5)c5ccc(C)cc5)ccc4c(-c4ccccc4)c3c2)cc1. The lowest BCUT2D eigenvalue weighted by molar-refractivity contribution is 1.28. The van der Waals surface area contributed by atoms with Crippen LogP contribution in [0.25, 0.3) is 54.6 Å². The number of fused-ring (bicyclic) bond motifs is 3. The minimum absolute atomic E-state index is 1.11. The predicted molar refractivity (Wildman–Crippen MR) is 249 cm³/mol. The minimum Gasteiger partial charge on any atom is -0.310 e. The molecule has 10 aromatic rings. The third kappa shape index (κ3) is 6.45. The average Bonchev–Trinajstić information content (AvgIpc) is 3.28. The highest BCUT2D eigenvalue weighted by molar-refractivity contribution is 6.23. The maximum absolute atomic E-state index is 2.41. The predicted octanol–water partition coefficient (Wildman–Crippen LogP) is 16.0. The summed E-state index contributed by atoms with van der Waals surface area (Å²) in [5.41, 5.74) is 14.0. The molecule has 0 aromatic heterocycles. The first kappa shape index (κ1) is 35.0. The molecule has 276 valence electrons. The second kappa shape index (κ2) is 14.9. The summed E-state index contributed by atoms with van der Waals surface area (Å²) in [6.45, 7) is 4.29. The molecule has 0 aliphatic heterocycles. The summed E-state index contributed by atoms with van der Waals surface area (Å²) in [5, 5.41) is 7.29. The molecule has 2 nitrogen and oxygen atoms in total. The standard InChI is InChI=1S/C56H42N2/c1-39-22-28-47(29-23-39)57(45-18-8-4-9-19-45)49-33-35-52-53(37-49)55(42-15-6-3-7-16-42)51-34-32-50(58(46-20-10-5-11-21-46)48-30-24-40(2)25-31-48)38-54(51)56(52)44-27-26-41-14-12-13-17-43(41)36-44/h3-38H,1-2H3. The highest BCUT2D eigenvalue weighted by Crippen LogP contribution is 2.48. The van der Waals surface area contributed by atoms with Crippen LogP contribution in [0.1, 0.15) is 11.1 Å². The van der Waals surface area contributed by atoms with Gasteiger partial charge in [0, 0.05) is 34.1 Å². The van der Waals surface area contributed by atoms with Crippen molar-refractivity contribution in [2.75, 3.05) is 9.80 Å². The van der Waals surface area contributed by atoms with Crippen LogP contribution in [-0.2, 0) is 0 Å². The highest BCUT2D eigenvalue weighted by atomic mass is 15.1. The van der Waals surface area contributed by atoms with Crippen LogP contribution >= 0.6 is 0 Å². The van der Waals surface area contributed by atoms with Gasteiger partial charge in [-0.15, -0.1) is 0 Å². The van der Waals surface area contributed by atoms with Crippen LogP contribution in [0, 0.1) is 13.8 Å². The van der Waals surface area contributed by atoms with E-state index in [9.17, 15) is 0 Å². The fourth-order valence-electron chi connectivity index (χ4n) is 8.49. The van der Waals surface area contributed by atoms with Gasteiger partial charge in [-0.3, -0.25) is 0 Å². The van der Waals surface area contributed by atoms with Crippen molar-refractivity contribution >= 4 is 66.4 Å². The van der Waals surface area contributed by atoms with Gasteiger partial charge in [-0.2, -0.15) is 0 Å². The average molecular weight is 743 g/mol. The largest absolute Gasteiger partial charge is 0.310 e. The summed E-state index contributed by atoms with van der Waals surface area (Å²) in [5.74, 6) is 0. The fraction of sp³-hybridized carbons (Fsp3) is 0.0357. The van der Waals surface area contributed by atoms with Gasteiger partial charge in [0.25, 0.3) is 0 Å². The molecular formula is C56H42N2. The molecule has 0 atom stereocenters. The van der Waals surface area contributed by atoms with Gasteiger partial charge >= 0.3 is 0 Å². The molecule has 0 saturated heterocycles. The molecule has 0 aliphatic carbocycles. The first-order valence-corrected chi connectivity index (χ1v) is 20.0. The molecule has 0 bridgehead atoms. The lowest BCUT2D eigenvalue weighted by atomic mass is 9.85. The molecule has 0 N–H and O–H groups in total. The molecule has 58 heavy (non-hydrogen) atoms. The Labute approximate surface area is 340 Å². The number of nitrogens with zero attached hydrogens (tertiary/aromatic N) is 2. The van der Waals surface area contributed by atoms with E-state index >= 15 is 0 Å². The maximum atomic E-state index is 2.41. The lowest BCUT2D eigenvalue weighted by Crippen LogP contribution is -2.10. The van der Waals surface area contributed by atoms with Gasteiger partial charge < -0.3 is 9.80 Å². The monoisotopic (exact) mass is 742 g/mol. The molecule has 10 rings (SSSR count). The van der Waals surface area contributed by atoms with Gasteiger partial charge in [-0.1, -0.05) is 151 Å². The Morgan fingerprint density at radius 1 is 0.259 bits per heavy atom. The Morgan fingerprint density at radius 2 is 0.655 bits per heavy atom. The summed E-state index contributed by atoms with van der Waals surface area (Å²) < 4.78 is 0. The van der Waals surface area contributed by atoms with E-state index in [-0.39, 0.29) is 0 Å². The second-order valence-electron chi connectivity index (χ2n) is 15.2. The quantitative estimate of drug-likeness (QED) is 0.143. The number of aryl methyl sites for hydroxylation is 2. The van der Waals surface area contributed by atoms with E-state index in [2.05, 4.69) is 242 Å². The van der Waals surface area contributed by atoms with Crippen LogP contribution in [0.2, 0.25) is 0 Å². The molecule has 0 radical (unpaired) electrons. The topological polar surface area (TPSA) is 6.48 Å². The molecule has 0 amide bonds. The number of rotatable bonds is 8. The van der Waals surface area contributed by atoms with Crippen molar-refractivity contribution in [3.8, 4) is 22.3 Å². The van der Waals surface area contributed by atoms with Crippen LogP contribution < -0.4 is 9.80 Å². The van der Waals surface area contributed by atoms with Crippen LogP contribution in [0.3, 0.4) is 0 Å². The molecule has 0 heterocycles. The van der Waals surface area contributed by atoms with E-state index in [1.54, 1.807) is 0 Å². The zero-order chi connectivity index (χ0) is 39.0. The number of para-hydroxylation sites is 2. The van der Waals surface area contributed by atoms with Gasteiger partial charge in [-0.05, 0) is 147 Å². The van der Waals surface area contributed by atoms with Crippen molar-refractivity contribution in [1.82, 2.24) is 0 Å². The summed E-state index contributed by atoms with van der Waals surface area (Å²) in [6, 6.07) is 79.7. The third-order valence-electron chi connectivity index (χ3n) is 11.3. The second-order valence-corrected chi connectivity index (χ2v) is 15.2. The molecule has 2 heteroatoms. The number of hydrogen-bond acceptors (Lipinski definition) is 2. The van der Waals surface area contributed by atoms with E-state index in [1.807, 2.05) is 0 Å². The Bertz CT molecular complexity index is 3050. The molecule has 0 aliphatic rings. The van der Waals surface area contributed by atoms with E-state index < -0.39 is 0 Å². The van der Waals surface area contributed by atoms with Crippen LogP contribution in [0.5, 0.6) is 0 Å². The van der Waals surface area contributed by atoms with E-state index in [0.29, 0.717) is 0 Å². The number of anilines is 6. The zero-order valence-electron chi connectivity index (χ0n) is 32.7. The summed E-state index contributed by atoms with van der Waals surface area (Å²) in [7, 11) is 0. The Kier molecular flexibility index (Phi) is 9.01. The minimum atomic E-state index is 1.11. The summed E-state index contributed by atoms with van der Waals surface area (Å²) in [6.07, 6.45) is 0. The number of hydrogen-bond donors (Lipinski definition) is 0. The maximum Gasteiger partial charge on any atom is 0.0468 e. The number of benzene rings is 10. The van der Waals surface area contributed by atoms with Gasteiger partial charge in [0.2, 0.25) is 0 Å². The lowest BCUT2D eigenvalue weighted by Gasteiger charge is -2.28. The first-order chi connectivity index (χ1) is 28.6. The molecule has 0 unspecified atom stereocenters. The molecule has 10 aromatic carbocycles. The van der Waals surface area contributed by atoms with Crippen molar-refractivity contribution in [2.45, 2.75) is 13.8 Å². The van der Waals surface area contributed by atoms with Crippen molar-refractivity contribution in [3.05, 3.63) is 230 Å². The van der Waals surface area contributed by atoms with E-state index in [4.69, 9.17) is 0 Å². The Hall–Kier alpha value is -7.42. The van der Waals surface area contributed by atoms with Gasteiger partial charge in [0.15, 0.2) is 0 Å². The van der Waals surface area contributed by atoms with Gasteiger partial charge in [0.05, 0.1) is 0 Å². The van der Waals surface area contributed by atoms with Crippen LogP contribution in [-0.4, -0.2) is 0 Å². The van der Waals surface area contributed by atoms with Crippen LogP contribution in [0.4, 0.5) is 34.1 Å². The Balaban J connectivity index is 1.31. The summed E-state index contributed by atoms with van der Waals surface area (Å²) >= 11 is 0. The molecule has 0 spiro atoms. The summed E-state index contributed by atoms with van der Waals surface area (Å²) in [4.78, 5) is 4.74. The zero-order valence-corrected chi connectivity index (χ0v) is 32.7. The highest BCUT2D eigenvalue weighted by Gasteiger charge is 2.22. The van der Waals surface area contributed by atoms with Crippen molar-refractivity contribution in [1.29, 1.82) is 0 Å². The smallest absolute Gasteiger partial charge is 0.0468 e. The Morgan fingerprint density at radius 3 is 1.16 bits per heavy atom. The molecule has 0 fully saturated rings. The fourth-order valence-corrected chi connectivity index (χ4v) is 8.49. The third-order valence-corrected chi connectivity index (χ3v) is 11.3. The van der Waals surface area contributed by atoms with Crippen LogP contribution in [0.15, 0.2) is 218 Å². The first-order valence-electron chi connectivity index (χ1n) is 20.0. The molecular weight excluding hydrogens is 701 g/mol. The van der Waals surface area contributed by atoms with Crippen molar-refractivity contribution < 1.29 is 0 Å². The van der Waals surface area contributed by atoms with Gasteiger partial charge in [0.1, 0.15) is 0 Å². The van der Waals surface area contributed by atoms with Crippen molar-refractivity contribution in [3.63, 3.8) is 0 Å². The van der Waals surface area contributed by atoms with Crippen molar-refractivity contribution in [2.24, 2.45) is 0 Å². The van der Waals surface area contributed by atoms with Gasteiger partial charge in [-0.25, -0.2) is 0 Å². The molecule has 0 saturated carbocycles. The normalized spacial score (nSPS) is 11.3.